The van der Waals surface area contributed by atoms with E-state index in [4.69, 9.17) is 20.3 Å². The SMILES string of the molecule is N[C@H]1C(OC(=O)c2ccccc2)O[C@H](CO)[C@H](O)[C@@H]1O. The second-order valence-electron chi connectivity index (χ2n) is 4.56. The fraction of sp³-hybridized carbons (Fsp3) is 0.462. The smallest absolute Gasteiger partial charge is 0.340 e. The van der Waals surface area contributed by atoms with Crippen molar-refractivity contribution in [2.45, 2.75) is 30.6 Å². The maximum Gasteiger partial charge on any atom is 0.340 e. The first kappa shape index (κ1) is 14.9. The van der Waals surface area contributed by atoms with Gasteiger partial charge in [-0.1, -0.05) is 18.2 Å². The first-order valence-corrected chi connectivity index (χ1v) is 6.18. The molecule has 1 aromatic rings. The molecule has 1 aliphatic rings. The van der Waals surface area contributed by atoms with Crippen molar-refractivity contribution in [3.8, 4) is 0 Å². The summed E-state index contributed by atoms with van der Waals surface area (Å²) in [6.45, 7) is -0.523. The molecule has 0 saturated carbocycles. The Kier molecular flexibility index (Phi) is 4.69. The molecule has 7 heteroatoms. The molecule has 0 radical (unpaired) electrons. The maximum atomic E-state index is 11.9. The third kappa shape index (κ3) is 2.97. The van der Waals surface area contributed by atoms with Crippen LogP contribution >= 0.6 is 0 Å². The highest BCUT2D eigenvalue weighted by atomic mass is 16.7. The van der Waals surface area contributed by atoms with E-state index in [1.54, 1.807) is 30.3 Å². The standard InChI is InChI=1S/C13H17NO6/c14-9-11(17)10(16)8(6-15)19-13(9)20-12(18)7-4-2-1-3-5-7/h1-5,8-11,13,15-17H,6,14H2/t8-,9-,10+,11-,13?/m1/s1. The molecule has 1 aliphatic heterocycles. The van der Waals surface area contributed by atoms with Crippen LogP contribution in [0.25, 0.3) is 0 Å². The Bertz CT molecular complexity index is 451. The van der Waals surface area contributed by atoms with Gasteiger partial charge in [0.25, 0.3) is 0 Å². The quantitative estimate of drug-likeness (QED) is 0.504. The van der Waals surface area contributed by atoms with Crippen LogP contribution in [-0.4, -0.2) is 58.5 Å². The third-order valence-electron chi connectivity index (χ3n) is 3.16. The van der Waals surface area contributed by atoms with E-state index in [9.17, 15) is 15.0 Å². The Morgan fingerprint density at radius 3 is 2.50 bits per heavy atom. The second-order valence-corrected chi connectivity index (χ2v) is 4.56. The highest BCUT2D eigenvalue weighted by Crippen LogP contribution is 2.21. The molecule has 1 fully saturated rings. The van der Waals surface area contributed by atoms with E-state index < -0.39 is 43.2 Å². The number of hydrogen-bond donors (Lipinski definition) is 4. The molecule has 0 aromatic heterocycles. The molecule has 7 nitrogen and oxygen atoms in total. The minimum Gasteiger partial charge on any atom is -0.430 e. The van der Waals surface area contributed by atoms with Crippen molar-refractivity contribution >= 4 is 5.97 Å². The van der Waals surface area contributed by atoms with Gasteiger partial charge in [-0.25, -0.2) is 4.79 Å². The molecule has 1 saturated heterocycles. The average molecular weight is 283 g/mol. The predicted octanol–water partition coefficient (Wildman–Crippen LogP) is -1.39. The predicted molar refractivity (Wildman–Crippen MR) is 67.6 cm³/mol. The van der Waals surface area contributed by atoms with Gasteiger partial charge in [-0.15, -0.1) is 0 Å². The van der Waals surface area contributed by atoms with E-state index in [1.807, 2.05) is 0 Å². The molecule has 1 aromatic carbocycles. The Morgan fingerprint density at radius 1 is 1.25 bits per heavy atom. The molecule has 0 amide bonds. The van der Waals surface area contributed by atoms with Crippen LogP contribution in [0.2, 0.25) is 0 Å². The lowest BCUT2D eigenvalue weighted by atomic mass is 9.98. The van der Waals surface area contributed by atoms with Crippen LogP contribution in [0.1, 0.15) is 10.4 Å². The number of rotatable bonds is 3. The van der Waals surface area contributed by atoms with E-state index >= 15 is 0 Å². The molecule has 5 atom stereocenters. The summed E-state index contributed by atoms with van der Waals surface area (Å²) >= 11 is 0. The van der Waals surface area contributed by atoms with Gasteiger partial charge in [0.2, 0.25) is 6.29 Å². The van der Waals surface area contributed by atoms with E-state index in [2.05, 4.69) is 0 Å². The van der Waals surface area contributed by atoms with Gasteiger partial charge < -0.3 is 30.5 Å². The van der Waals surface area contributed by atoms with Gasteiger partial charge >= 0.3 is 5.97 Å². The zero-order valence-electron chi connectivity index (χ0n) is 10.6. The van der Waals surface area contributed by atoms with Gasteiger partial charge in [-0.2, -0.15) is 0 Å². The monoisotopic (exact) mass is 283 g/mol. The summed E-state index contributed by atoms with van der Waals surface area (Å²) in [6.07, 6.45) is -4.98. The summed E-state index contributed by atoms with van der Waals surface area (Å²) in [6, 6.07) is 7.12. The van der Waals surface area contributed by atoms with Crippen LogP contribution in [0.15, 0.2) is 30.3 Å². The number of ether oxygens (including phenoxy) is 2. The second kappa shape index (κ2) is 6.29. The van der Waals surface area contributed by atoms with E-state index in [0.717, 1.165) is 0 Å². The van der Waals surface area contributed by atoms with Gasteiger partial charge in [0, 0.05) is 0 Å². The number of hydrogen-bond acceptors (Lipinski definition) is 7. The first-order valence-electron chi connectivity index (χ1n) is 6.18. The number of carbonyl (C=O) groups is 1. The lowest BCUT2D eigenvalue weighted by Crippen LogP contribution is -2.62. The molecular weight excluding hydrogens is 266 g/mol. The average Bonchev–Trinajstić information content (AvgIpc) is 2.48. The number of aliphatic hydroxyl groups excluding tert-OH is 3. The highest BCUT2D eigenvalue weighted by molar-refractivity contribution is 5.89. The van der Waals surface area contributed by atoms with E-state index in [0.29, 0.717) is 5.56 Å². The molecule has 1 heterocycles. The van der Waals surface area contributed by atoms with Gasteiger partial charge in [0.05, 0.1) is 18.2 Å². The van der Waals surface area contributed by atoms with Gasteiger partial charge in [0.1, 0.15) is 18.3 Å². The fourth-order valence-corrected chi connectivity index (χ4v) is 1.96. The van der Waals surface area contributed by atoms with Gasteiger partial charge in [-0.05, 0) is 12.1 Å². The summed E-state index contributed by atoms with van der Waals surface area (Å²) in [7, 11) is 0. The van der Waals surface area contributed by atoms with E-state index in [1.165, 1.54) is 0 Å². The zero-order chi connectivity index (χ0) is 14.7. The fourth-order valence-electron chi connectivity index (χ4n) is 1.96. The number of nitrogens with two attached hydrogens (primary N) is 1. The molecule has 0 bridgehead atoms. The largest absolute Gasteiger partial charge is 0.430 e. The van der Waals surface area contributed by atoms with Crippen molar-refractivity contribution in [1.29, 1.82) is 0 Å². The number of esters is 1. The van der Waals surface area contributed by atoms with Crippen LogP contribution < -0.4 is 5.73 Å². The Labute approximate surface area is 115 Å². The van der Waals surface area contributed by atoms with Gasteiger partial charge in [-0.3, -0.25) is 0 Å². The number of carbonyl (C=O) groups excluding carboxylic acids is 1. The molecule has 0 spiro atoms. The highest BCUT2D eigenvalue weighted by Gasteiger charge is 2.44. The van der Waals surface area contributed by atoms with Crippen LogP contribution in [0.4, 0.5) is 0 Å². The maximum absolute atomic E-state index is 11.9. The Balaban J connectivity index is 2.06. The lowest BCUT2D eigenvalue weighted by Gasteiger charge is -2.39. The van der Waals surface area contributed by atoms with Crippen LogP contribution in [0.3, 0.4) is 0 Å². The minimum atomic E-state index is -1.35. The number of aliphatic hydroxyl groups is 3. The molecular formula is C13H17NO6. The summed E-state index contributed by atoms with van der Waals surface area (Å²) in [5.74, 6) is -0.661. The van der Waals surface area contributed by atoms with Crippen molar-refractivity contribution in [3.63, 3.8) is 0 Å². The van der Waals surface area contributed by atoms with Crippen molar-refractivity contribution in [3.05, 3.63) is 35.9 Å². The summed E-state index contributed by atoms with van der Waals surface area (Å²) < 4.78 is 10.3. The molecule has 5 N–H and O–H groups in total. The third-order valence-corrected chi connectivity index (χ3v) is 3.16. The molecule has 1 unspecified atom stereocenters. The van der Waals surface area contributed by atoms with Gasteiger partial charge in [0.15, 0.2) is 0 Å². The molecule has 2 rings (SSSR count). The zero-order valence-corrected chi connectivity index (χ0v) is 10.6. The summed E-state index contributed by atoms with van der Waals surface area (Å²) in [4.78, 5) is 11.9. The van der Waals surface area contributed by atoms with E-state index in [-0.39, 0.29) is 0 Å². The topological polar surface area (TPSA) is 122 Å². The number of benzene rings is 1. The molecule has 0 aliphatic carbocycles. The van der Waals surface area contributed by atoms with Crippen LogP contribution in [-0.2, 0) is 9.47 Å². The van der Waals surface area contributed by atoms with Crippen molar-refractivity contribution < 1.29 is 29.6 Å². The van der Waals surface area contributed by atoms with Crippen molar-refractivity contribution in [2.75, 3.05) is 6.61 Å². The normalized spacial score (nSPS) is 33.7. The van der Waals surface area contributed by atoms with Crippen LogP contribution in [0.5, 0.6) is 0 Å². The molecule has 110 valence electrons. The van der Waals surface area contributed by atoms with Crippen molar-refractivity contribution in [1.82, 2.24) is 0 Å². The minimum absolute atomic E-state index is 0.310. The van der Waals surface area contributed by atoms with Crippen LogP contribution in [0, 0.1) is 0 Å². The summed E-state index contributed by atoms with van der Waals surface area (Å²) in [5, 5.41) is 28.4. The first-order chi connectivity index (χ1) is 9.54. The van der Waals surface area contributed by atoms with Crippen molar-refractivity contribution in [2.24, 2.45) is 5.73 Å². The molecule has 20 heavy (non-hydrogen) atoms. The Morgan fingerprint density at radius 2 is 1.90 bits per heavy atom. The Hall–Kier alpha value is -1.51. The lowest BCUT2D eigenvalue weighted by molar-refractivity contribution is -0.248. The summed E-state index contributed by atoms with van der Waals surface area (Å²) in [5.41, 5.74) is 5.97.